The fourth-order valence-electron chi connectivity index (χ4n) is 3.52. The Labute approximate surface area is 160 Å². The van der Waals surface area contributed by atoms with Gasteiger partial charge in [-0.2, -0.15) is 0 Å². The molecule has 142 valence electrons. The summed E-state index contributed by atoms with van der Waals surface area (Å²) in [5.74, 6) is 0.702. The van der Waals surface area contributed by atoms with E-state index in [2.05, 4.69) is 6.07 Å². The molecule has 1 aliphatic rings. The molecular weight excluding hydrogens is 340 g/mol. The molecule has 0 radical (unpaired) electrons. The molecule has 1 heterocycles. The third-order valence-electron chi connectivity index (χ3n) is 5.01. The van der Waals surface area contributed by atoms with Gasteiger partial charge in [0.1, 0.15) is 11.8 Å². The van der Waals surface area contributed by atoms with E-state index in [0.29, 0.717) is 19.6 Å². The number of aryl methyl sites for hydroxylation is 1. The molecule has 0 N–H and O–H groups in total. The zero-order chi connectivity index (χ0) is 19.4. The number of carbonyl (C=O) groups is 2. The molecule has 27 heavy (non-hydrogen) atoms. The summed E-state index contributed by atoms with van der Waals surface area (Å²) < 4.78 is 5.21. The lowest BCUT2D eigenvalue weighted by Crippen LogP contribution is -2.57. The first-order chi connectivity index (χ1) is 13.0. The molecule has 1 saturated heterocycles. The maximum atomic E-state index is 12.8. The number of piperazine rings is 1. The van der Waals surface area contributed by atoms with Gasteiger partial charge in [0.2, 0.25) is 11.8 Å². The van der Waals surface area contributed by atoms with Gasteiger partial charge in [-0.05, 0) is 37.1 Å². The molecule has 1 atom stereocenters. The van der Waals surface area contributed by atoms with E-state index in [-0.39, 0.29) is 18.2 Å². The zero-order valence-electron chi connectivity index (χ0n) is 16.1. The number of nitrogens with zero attached hydrogens (tertiary/aromatic N) is 2. The van der Waals surface area contributed by atoms with Crippen molar-refractivity contribution in [3.8, 4) is 5.75 Å². The quantitative estimate of drug-likeness (QED) is 0.818. The van der Waals surface area contributed by atoms with Crippen LogP contribution >= 0.6 is 0 Å². The second-order valence-corrected chi connectivity index (χ2v) is 7.04. The van der Waals surface area contributed by atoms with E-state index >= 15 is 0 Å². The first kappa shape index (κ1) is 19.0. The van der Waals surface area contributed by atoms with Gasteiger partial charge in [-0.25, -0.2) is 0 Å². The van der Waals surface area contributed by atoms with Crippen molar-refractivity contribution >= 4 is 11.8 Å². The zero-order valence-corrected chi connectivity index (χ0v) is 16.1. The highest BCUT2D eigenvalue weighted by atomic mass is 16.5. The van der Waals surface area contributed by atoms with Crippen molar-refractivity contribution in [2.45, 2.75) is 32.9 Å². The molecule has 1 aliphatic heterocycles. The van der Waals surface area contributed by atoms with E-state index in [1.54, 1.807) is 12.0 Å². The molecule has 5 heteroatoms. The topological polar surface area (TPSA) is 49.9 Å². The summed E-state index contributed by atoms with van der Waals surface area (Å²) in [4.78, 5) is 29.1. The van der Waals surface area contributed by atoms with Crippen LogP contribution in [0.15, 0.2) is 48.5 Å². The van der Waals surface area contributed by atoms with Crippen LogP contribution in [0.25, 0.3) is 0 Å². The van der Waals surface area contributed by atoms with Gasteiger partial charge in [-0.1, -0.05) is 42.0 Å². The maximum absolute atomic E-state index is 12.8. The average molecular weight is 366 g/mol. The lowest BCUT2D eigenvalue weighted by Gasteiger charge is -2.39. The molecule has 1 fully saturated rings. The molecular formula is C22H26N2O3. The predicted molar refractivity (Wildman–Crippen MR) is 104 cm³/mol. The Hall–Kier alpha value is -2.82. The number of ether oxygens (including phenoxy) is 1. The van der Waals surface area contributed by atoms with Crippen LogP contribution in [0.5, 0.6) is 5.75 Å². The highest BCUT2D eigenvalue weighted by Gasteiger charge is 2.34. The van der Waals surface area contributed by atoms with Crippen molar-refractivity contribution in [3.63, 3.8) is 0 Å². The average Bonchev–Trinajstić information content (AvgIpc) is 2.65. The Balaban J connectivity index is 1.64. The van der Waals surface area contributed by atoms with Crippen molar-refractivity contribution < 1.29 is 14.3 Å². The third kappa shape index (κ3) is 4.48. The lowest BCUT2D eigenvalue weighted by atomic mass is 10.1. The first-order valence-corrected chi connectivity index (χ1v) is 9.24. The van der Waals surface area contributed by atoms with Gasteiger partial charge in [-0.3, -0.25) is 9.59 Å². The third-order valence-corrected chi connectivity index (χ3v) is 5.01. The Kier molecular flexibility index (Phi) is 5.79. The van der Waals surface area contributed by atoms with E-state index in [1.165, 1.54) is 5.56 Å². The number of hydrogen-bond donors (Lipinski definition) is 0. The number of hydrogen-bond acceptors (Lipinski definition) is 3. The van der Waals surface area contributed by atoms with E-state index in [1.807, 2.05) is 61.2 Å². The number of rotatable bonds is 5. The van der Waals surface area contributed by atoms with Crippen molar-refractivity contribution in [2.75, 3.05) is 20.2 Å². The molecule has 2 amide bonds. The lowest BCUT2D eigenvalue weighted by molar-refractivity contribution is -0.150. The maximum Gasteiger partial charge on any atom is 0.245 e. The van der Waals surface area contributed by atoms with Gasteiger partial charge in [0.25, 0.3) is 0 Å². The number of carbonyl (C=O) groups excluding carboxylic acids is 2. The fourth-order valence-corrected chi connectivity index (χ4v) is 3.52. The van der Waals surface area contributed by atoms with Crippen molar-refractivity contribution in [1.29, 1.82) is 0 Å². The predicted octanol–water partition coefficient (Wildman–Crippen LogP) is 2.81. The summed E-state index contributed by atoms with van der Waals surface area (Å²) in [5.41, 5.74) is 3.19. The standard InChI is InChI=1S/C22H26N2O3/c1-16-6-4-8-19(12-16)15-23-10-11-24(17(2)22(23)26)21(25)14-18-7-5-9-20(13-18)27-3/h4-9,12-13,17H,10-11,14-15H2,1-3H3/t17-/m1/s1. The van der Waals surface area contributed by atoms with Crippen LogP contribution in [-0.4, -0.2) is 47.9 Å². The fraction of sp³-hybridized carbons (Fsp3) is 0.364. The van der Waals surface area contributed by atoms with Gasteiger partial charge in [0, 0.05) is 19.6 Å². The minimum absolute atomic E-state index is 0.00162. The minimum Gasteiger partial charge on any atom is -0.497 e. The number of benzene rings is 2. The smallest absolute Gasteiger partial charge is 0.245 e. The Morgan fingerprint density at radius 2 is 1.85 bits per heavy atom. The van der Waals surface area contributed by atoms with E-state index < -0.39 is 6.04 Å². The number of amides is 2. The molecule has 0 bridgehead atoms. The largest absolute Gasteiger partial charge is 0.497 e. The SMILES string of the molecule is COc1cccc(CC(=O)N2CCN(Cc3cccc(C)c3)C(=O)[C@H]2C)c1. The molecule has 0 aromatic heterocycles. The van der Waals surface area contributed by atoms with E-state index in [4.69, 9.17) is 4.74 Å². The van der Waals surface area contributed by atoms with Crippen molar-refractivity contribution in [3.05, 3.63) is 65.2 Å². The molecule has 0 saturated carbocycles. The van der Waals surface area contributed by atoms with Crippen molar-refractivity contribution in [2.24, 2.45) is 0 Å². The Morgan fingerprint density at radius 3 is 2.59 bits per heavy atom. The van der Waals surface area contributed by atoms with Crippen LogP contribution < -0.4 is 4.74 Å². The molecule has 0 unspecified atom stereocenters. The second kappa shape index (κ2) is 8.25. The summed E-state index contributed by atoms with van der Waals surface area (Å²) in [5, 5.41) is 0. The summed E-state index contributed by atoms with van der Waals surface area (Å²) in [6.45, 7) is 5.56. The van der Waals surface area contributed by atoms with Crippen molar-refractivity contribution in [1.82, 2.24) is 9.80 Å². The molecule has 0 aliphatic carbocycles. The highest BCUT2D eigenvalue weighted by Crippen LogP contribution is 2.18. The van der Waals surface area contributed by atoms with Gasteiger partial charge in [-0.15, -0.1) is 0 Å². The normalized spacial score (nSPS) is 17.1. The summed E-state index contributed by atoms with van der Waals surface area (Å²) >= 11 is 0. The van der Waals surface area contributed by atoms with Crippen LogP contribution in [-0.2, 0) is 22.6 Å². The van der Waals surface area contributed by atoms with Gasteiger partial charge < -0.3 is 14.5 Å². The minimum atomic E-state index is -0.443. The number of methoxy groups -OCH3 is 1. The van der Waals surface area contributed by atoms with Gasteiger partial charge in [0.05, 0.1) is 13.5 Å². The van der Waals surface area contributed by atoms with Crippen LogP contribution in [0.4, 0.5) is 0 Å². The summed E-state index contributed by atoms with van der Waals surface area (Å²) in [6, 6.07) is 15.2. The van der Waals surface area contributed by atoms with Crippen LogP contribution in [0.1, 0.15) is 23.6 Å². The first-order valence-electron chi connectivity index (χ1n) is 9.24. The van der Waals surface area contributed by atoms with Gasteiger partial charge >= 0.3 is 0 Å². The summed E-state index contributed by atoms with van der Waals surface area (Å²) in [6.07, 6.45) is 0.271. The molecule has 3 rings (SSSR count). The molecule has 0 spiro atoms. The van der Waals surface area contributed by atoms with E-state index in [9.17, 15) is 9.59 Å². The van der Waals surface area contributed by atoms with Crippen LogP contribution in [0, 0.1) is 6.92 Å². The monoisotopic (exact) mass is 366 g/mol. The van der Waals surface area contributed by atoms with Gasteiger partial charge in [0.15, 0.2) is 0 Å². The van der Waals surface area contributed by atoms with E-state index in [0.717, 1.165) is 16.9 Å². The summed E-state index contributed by atoms with van der Waals surface area (Å²) in [7, 11) is 1.61. The van der Waals surface area contributed by atoms with Crippen LogP contribution in [0.3, 0.4) is 0 Å². The Morgan fingerprint density at radius 1 is 1.11 bits per heavy atom. The highest BCUT2D eigenvalue weighted by molar-refractivity contribution is 5.89. The molecule has 5 nitrogen and oxygen atoms in total. The molecule has 2 aromatic carbocycles. The Bertz CT molecular complexity index is 834. The second-order valence-electron chi connectivity index (χ2n) is 7.04. The molecule has 2 aromatic rings. The van der Waals surface area contributed by atoms with Crippen LogP contribution in [0.2, 0.25) is 0 Å².